The summed E-state index contributed by atoms with van der Waals surface area (Å²) in [5.74, 6) is 0.804. The molecular weight excluding hydrogens is 504 g/mol. The average Bonchev–Trinajstić information content (AvgIpc) is 3.35. The van der Waals surface area contributed by atoms with Crippen molar-refractivity contribution in [1.82, 2.24) is 5.32 Å². The summed E-state index contributed by atoms with van der Waals surface area (Å²) in [4.78, 5) is 26.2. The average molecular weight is 535 g/mol. The first-order valence-electron chi connectivity index (χ1n) is 13.0. The topological polar surface area (TPSA) is 110 Å². The van der Waals surface area contributed by atoms with E-state index >= 15 is 0 Å². The van der Waals surface area contributed by atoms with Gasteiger partial charge in [0.15, 0.2) is 0 Å². The van der Waals surface area contributed by atoms with Gasteiger partial charge in [0.1, 0.15) is 17.9 Å². The van der Waals surface area contributed by atoms with Crippen LogP contribution in [-0.4, -0.2) is 25.5 Å². The van der Waals surface area contributed by atoms with E-state index in [9.17, 15) is 9.59 Å². The third-order valence-electron chi connectivity index (χ3n) is 6.47. The number of benzene rings is 4. The van der Waals surface area contributed by atoms with Gasteiger partial charge in [0.25, 0.3) is 5.91 Å². The molecule has 0 saturated carbocycles. The first kappa shape index (κ1) is 26.5. The minimum atomic E-state index is -0.269. The van der Waals surface area contributed by atoms with E-state index in [2.05, 4.69) is 22.8 Å². The summed E-state index contributed by atoms with van der Waals surface area (Å²) in [6.07, 6.45) is 0.754. The third-order valence-corrected chi connectivity index (χ3v) is 6.47. The molecule has 0 unspecified atom stereocenters. The Morgan fingerprint density at radius 3 is 2.38 bits per heavy atom. The van der Waals surface area contributed by atoms with Crippen LogP contribution in [0.25, 0.3) is 11.0 Å². The zero-order valence-electron chi connectivity index (χ0n) is 21.9. The monoisotopic (exact) mass is 534 g/mol. The van der Waals surface area contributed by atoms with Crippen LogP contribution in [0.2, 0.25) is 0 Å². The Morgan fingerprint density at radius 1 is 0.875 bits per heavy atom. The van der Waals surface area contributed by atoms with E-state index in [1.165, 1.54) is 10.5 Å². The molecule has 5 rings (SSSR count). The third kappa shape index (κ3) is 6.31. The first-order chi connectivity index (χ1) is 19.6. The number of hydrogen-bond donors (Lipinski definition) is 3. The van der Waals surface area contributed by atoms with Gasteiger partial charge in [0, 0.05) is 29.6 Å². The number of ether oxygens (including phenoxy) is 1. The van der Waals surface area contributed by atoms with Crippen LogP contribution >= 0.6 is 0 Å². The number of nitrogens with zero attached hydrogens (tertiary/aromatic N) is 1. The molecule has 4 N–H and O–H groups in total. The summed E-state index contributed by atoms with van der Waals surface area (Å²) in [5, 5.41) is 7.22. The van der Waals surface area contributed by atoms with E-state index < -0.39 is 0 Å². The Bertz CT molecular complexity index is 1580. The number of nitrogens with two attached hydrogens (primary N) is 1. The van der Waals surface area contributed by atoms with E-state index in [1.54, 1.807) is 48.5 Å². The predicted octanol–water partition coefficient (Wildman–Crippen LogP) is 5.60. The lowest BCUT2D eigenvalue weighted by atomic mass is 10.1. The molecule has 8 heteroatoms. The number of anilines is 3. The predicted molar refractivity (Wildman–Crippen MR) is 157 cm³/mol. The van der Waals surface area contributed by atoms with Gasteiger partial charge in [-0.3, -0.25) is 14.5 Å². The van der Waals surface area contributed by atoms with Gasteiger partial charge in [0.2, 0.25) is 12.3 Å². The van der Waals surface area contributed by atoms with Crippen molar-refractivity contribution < 1.29 is 18.7 Å². The van der Waals surface area contributed by atoms with E-state index in [4.69, 9.17) is 14.9 Å². The molecule has 0 saturated heterocycles. The molecule has 40 heavy (non-hydrogen) atoms. The number of hydrogen-bond acceptors (Lipinski definition) is 6. The molecule has 2 amide bonds. The molecule has 0 atom stereocenters. The van der Waals surface area contributed by atoms with Crippen LogP contribution in [0.5, 0.6) is 5.75 Å². The molecule has 0 spiro atoms. The van der Waals surface area contributed by atoms with Gasteiger partial charge < -0.3 is 25.5 Å². The Labute approximate surface area is 232 Å². The maximum absolute atomic E-state index is 12.6. The highest BCUT2D eigenvalue weighted by Gasteiger charge is 2.19. The molecule has 1 heterocycles. The number of para-hydroxylation sites is 3. The number of amides is 2. The molecule has 0 aliphatic carbocycles. The number of furan rings is 1. The quantitative estimate of drug-likeness (QED) is 0.142. The Kier molecular flexibility index (Phi) is 8.38. The summed E-state index contributed by atoms with van der Waals surface area (Å²) in [6.45, 7) is 1.74. The second-order valence-electron chi connectivity index (χ2n) is 9.18. The van der Waals surface area contributed by atoms with E-state index in [0.29, 0.717) is 47.2 Å². The molecular formula is C32H30N4O4. The SMILES string of the molecule is Nc1ccccc1NC(=O)c1ccc(OCCN(C=O)c2oc3ccccc3c2CNCc2ccccc2)cc1. The zero-order chi connectivity index (χ0) is 27.7. The van der Waals surface area contributed by atoms with Gasteiger partial charge in [-0.25, -0.2) is 0 Å². The summed E-state index contributed by atoms with van der Waals surface area (Å²) < 4.78 is 12.0. The maximum atomic E-state index is 12.6. The number of fused-ring (bicyclic) bond motifs is 1. The molecule has 1 aromatic heterocycles. The lowest BCUT2D eigenvalue weighted by molar-refractivity contribution is -0.107. The minimum absolute atomic E-state index is 0.235. The highest BCUT2D eigenvalue weighted by Crippen LogP contribution is 2.32. The standard InChI is InChI=1S/C32H30N4O4/c33-28-11-5-6-12-29(28)35-31(38)24-14-16-25(17-15-24)39-19-18-36(22-37)32-27(26-10-4-7-13-30(26)40-32)21-34-20-23-8-2-1-3-9-23/h1-17,22,34H,18-21,33H2,(H,35,38). The van der Waals surface area contributed by atoms with Crippen molar-refractivity contribution in [3.63, 3.8) is 0 Å². The van der Waals surface area contributed by atoms with Gasteiger partial charge in [-0.1, -0.05) is 60.7 Å². The number of carbonyl (C=O) groups is 2. The van der Waals surface area contributed by atoms with Crippen LogP contribution in [0.1, 0.15) is 21.5 Å². The van der Waals surface area contributed by atoms with E-state index in [1.807, 2.05) is 42.5 Å². The van der Waals surface area contributed by atoms with Crippen LogP contribution in [0, 0.1) is 0 Å². The number of nitrogens with one attached hydrogen (secondary N) is 2. The van der Waals surface area contributed by atoms with Crippen molar-refractivity contribution in [3.8, 4) is 5.75 Å². The number of nitrogen functional groups attached to an aromatic ring is 1. The van der Waals surface area contributed by atoms with Crippen molar-refractivity contribution in [3.05, 3.63) is 120 Å². The molecule has 0 radical (unpaired) electrons. The highest BCUT2D eigenvalue weighted by molar-refractivity contribution is 6.05. The van der Waals surface area contributed by atoms with Crippen molar-refractivity contribution in [2.45, 2.75) is 13.1 Å². The lowest BCUT2D eigenvalue weighted by Gasteiger charge is -2.17. The fraction of sp³-hybridized carbons (Fsp3) is 0.125. The van der Waals surface area contributed by atoms with Gasteiger partial charge in [0.05, 0.1) is 17.9 Å². The van der Waals surface area contributed by atoms with Crippen LogP contribution in [0.15, 0.2) is 108 Å². The summed E-state index contributed by atoms with van der Waals surface area (Å²) >= 11 is 0. The summed E-state index contributed by atoms with van der Waals surface area (Å²) in [7, 11) is 0. The first-order valence-corrected chi connectivity index (χ1v) is 13.0. The van der Waals surface area contributed by atoms with Gasteiger partial charge in [-0.05, 0) is 48.0 Å². The normalized spacial score (nSPS) is 10.8. The molecule has 202 valence electrons. The molecule has 8 nitrogen and oxygen atoms in total. The molecule has 0 aliphatic heterocycles. The van der Waals surface area contributed by atoms with E-state index in [0.717, 1.165) is 17.4 Å². The van der Waals surface area contributed by atoms with Crippen molar-refractivity contribution in [2.24, 2.45) is 0 Å². The number of carbonyl (C=O) groups excluding carboxylic acids is 2. The Hall–Kier alpha value is -5.08. The molecule has 0 fully saturated rings. The van der Waals surface area contributed by atoms with Crippen molar-refractivity contribution in [1.29, 1.82) is 0 Å². The fourth-order valence-corrected chi connectivity index (χ4v) is 4.39. The van der Waals surface area contributed by atoms with Crippen LogP contribution in [0.3, 0.4) is 0 Å². The second kappa shape index (κ2) is 12.6. The molecule has 4 aromatic carbocycles. The Balaban J connectivity index is 1.21. The molecule has 5 aromatic rings. The zero-order valence-corrected chi connectivity index (χ0v) is 21.9. The lowest BCUT2D eigenvalue weighted by Crippen LogP contribution is -2.28. The highest BCUT2D eigenvalue weighted by atomic mass is 16.5. The van der Waals surface area contributed by atoms with Gasteiger partial charge in [-0.2, -0.15) is 0 Å². The fourth-order valence-electron chi connectivity index (χ4n) is 4.39. The number of rotatable bonds is 12. The van der Waals surface area contributed by atoms with Crippen molar-refractivity contribution >= 4 is 40.5 Å². The van der Waals surface area contributed by atoms with Crippen LogP contribution in [0.4, 0.5) is 17.3 Å². The van der Waals surface area contributed by atoms with E-state index in [-0.39, 0.29) is 19.1 Å². The van der Waals surface area contributed by atoms with Crippen LogP contribution < -0.4 is 26.0 Å². The van der Waals surface area contributed by atoms with Gasteiger partial charge in [-0.15, -0.1) is 0 Å². The molecule has 0 bridgehead atoms. The molecule has 0 aliphatic rings. The minimum Gasteiger partial charge on any atom is -0.492 e. The second-order valence-corrected chi connectivity index (χ2v) is 9.18. The van der Waals surface area contributed by atoms with Crippen LogP contribution in [-0.2, 0) is 17.9 Å². The summed E-state index contributed by atoms with van der Waals surface area (Å²) in [6, 6.07) is 31.7. The Morgan fingerprint density at radius 2 is 1.60 bits per heavy atom. The smallest absolute Gasteiger partial charge is 0.255 e. The largest absolute Gasteiger partial charge is 0.492 e. The van der Waals surface area contributed by atoms with Crippen molar-refractivity contribution in [2.75, 3.05) is 29.1 Å². The summed E-state index contributed by atoms with van der Waals surface area (Å²) in [5.41, 5.74) is 10.2. The maximum Gasteiger partial charge on any atom is 0.255 e. The van der Waals surface area contributed by atoms with Gasteiger partial charge >= 0.3 is 0 Å².